The van der Waals surface area contributed by atoms with Gasteiger partial charge in [-0.2, -0.15) is 26.3 Å². The minimum atomic E-state index is -6.72. The average Bonchev–Trinajstić information content (AvgIpc) is 3.24. The zero-order valence-corrected chi connectivity index (χ0v) is 18.8. The summed E-state index contributed by atoms with van der Waals surface area (Å²) < 4.78 is 124. The summed E-state index contributed by atoms with van der Waals surface area (Å²) in [5, 5.41) is 1.38. The van der Waals surface area contributed by atoms with Crippen LogP contribution in [0.5, 0.6) is 0 Å². The van der Waals surface area contributed by atoms with Crippen molar-refractivity contribution in [2.75, 3.05) is 26.7 Å². The molecule has 1 fully saturated rings. The van der Waals surface area contributed by atoms with Gasteiger partial charge in [0.05, 0.1) is 42.7 Å². The van der Waals surface area contributed by atoms with E-state index in [0.717, 1.165) is 0 Å². The summed E-state index contributed by atoms with van der Waals surface area (Å²) in [6, 6.07) is 0.183. The molecular formula is C17H19F6N2O6S2+. The van der Waals surface area contributed by atoms with E-state index in [1.165, 1.54) is 42.3 Å². The number of imide groups is 1. The van der Waals surface area contributed by atoms with Gasteiger partial charge in [-0.3, -0.25) is 14.9 Å². The molecule has 8 nitrogen and oxygen atoms in total. The predicted molar refractivity (Wildman–Crippen MR) is 100 cm³/mol. The molecule has 0 aromatic heterocycles. The maximum Gasteiger partial charge on any atom is 0.501 e. The van der Waals surface area contributed by atoms with Gasteiger partial charge in [0.25, 0.3) is 31.5 Å². The molecule has 2 amide bonds. The Balaban J connectivity index is 0.000000405. The van der Waals surface area contributed by atoms with Crippen LogP contribution in [-0.4, -0.2) is 70.8 Å². The Labute approximate surface area is 185 Å². The zero-order valence-electron chi connectivity index (χ0n) is 17.2. The third-order valence-electron chi connectivity index (χ3n) is 5.40. The molecule has 3 rings (SSSR count). The van der Waals surface area contributed by atoms with Crippen LogP contribution in [0.15, 0.2) is 21.9 Å². The van der Waals surface area contributed by atoms with E-state index in [1.807, 2.05) is 0 Å². The van der Waals surface area contributed by atoms with Crippen molar-refractivity contribution in [3.63, 3.8) is 0 Å². The largest absolute Gasteiger partial charge is 0.501 e. The molecule has 2 heterocycles. The molecule has 2 aliphatic heterocycles. The fraction of sp³-hybridized carbons (Fsp3) is 0.529. The van der Waals surface area contributed by atoms with Gasteiger partial charge in [-0.1, -0.05) is 0 Å². The normalized spacial score (nSPS) is 18.4. The van der Waals surface area contributed by atoms with E-state index < -0.39 is 63.4 Å². The first-order valence-corrected chi connectivity index (χ1v) is 12.3. The lowest BCUT2D eigenvalue weighted by Gasteiger charge is -2.26. The molecule has 186 valence electrons. The molecule has 1 aromatic carbocycles. The Kier molecular flexibility index (Phi) is 7.00. The first kappa shape index (κ1) is 27.0. The topological polar surface area (TPSA) is 114 Å². The van der Waals surface area contributed by atoms with Gasteiger partial charge in [0.15, 0.2) is 0 Å². The summed E-state index contributed by atoms with van der Waals surface area (Å²) in [4.78, 5) is 18.2. The molecule has 16 heteroatoms. The van der Waals surface area contributed by atoms with E-state index >= 15 is 0 Å². The first-order chi connectivity index (χ1) is 14.8. The van der Waals surface area contributed by atoms with Crippen LogP contribution in [0, 0.1) is 0 Å². The van der Waals surface area contributed by atoms with E-state index in [-0.39, 0.29) is 6.07 Å². The second-order valence-corrected chi connectivity index (χ2v) is 11.4. The number of carbonyl (C=O) groups is 2. The summed E-state index contributed by atoms with van der Waals surface area (Å²) in [6.07, 6.45) is 2.90. The third kappa shape index (κ3) is 4.87. The highest BCUT2D eigenvalue weighted by Crippen LogP contribution is 2.42. The van der Waals surface area contributed by atoms with Gasteiger partial charge in [0.2, 0.25) is 0 Å². The predicted octanol–water partition coefficient (Wildman–Crippen LogP) is 2.40. The van der Waals surface area contributed by atoms with Crippen molar-refractivity contribution in [2.24, 2.45) is 0 Å². The van der Waals surface area contributed by atoms with Crippen molar-refractivity contribution >= 4 is 31.5 Å². The Morgan fingerprint density at radius 1 is 0.879 bits per heavy atom. The maximum atomic E-state index is 12.8. The van der Waals surface area contributed by atoms with Gasteiger partial charge in [-0.25, -0.2) is 16.8 Å². The summed E-state index contributed by atoms with van der Waals surface area (Å²) in [5.41, 5.74) is -15.0. The highest BCUT2D eigenvalue weighted by molar-refractivity contribution is 7.95. The van der Waals surface area contributed by atoms with Crippen LogP contribution in [-0.2, 0) is 19.7 Å². The lowest BCUT2D eigenvalue weighted by molar-refractivity contribution is -0.895. The van der Waals surface area contributed by atoms with Gasteiger partial charge in [-0.15, -0.1) is 0 Å². The number of carbonyl (C=O) groups excluding carboxylic acids is 2. The van der Waals surface area contributed by atoms with Crippen LogP contribution in [0.3, 0.4) is 0 Å². The minimum Gasteiger partial charge on any atom is -0.326 e. The fourth-order valence-electron chi connectivity index (χ4n) is 3.35. The molecule has 33 heavy (non-hydrogen) atoms. The molecule has 1 saturated heterocycles. The lowest BCUT2D eigenvalue weighted by Crippen LogP contribution is -2.40. The number of hydrogen-bond donors (Lipinski definition) is 1. The number of hydrogen-bond acceptors (Lipinski definition) is 6. The van der Waals surface area contributed by atoms with Crippen molar-refractivity contribution < 1.29 is 57.3 Å². The van der Waals surface area contributed by atoms with Gasteiger partial charge in [-0.05, 0) is 19.1 Å². The van der Waals surface area contributed by atoms with Crippen LogP contribution in [0.1, 0.15) is 40.5 Å². The number of amides is 2. The standard InChI is InChI=1S/C10H3F6NO6S2.C7H16N/c11-9(12,13)24(20,21)4-2-1-3-5(8(19)17-7(3)18)6(4)25(22,23)10(14,15)16;1-3-8(2)6-4-5-7-8/h1-2H,(H,17,18,19);3-7H2,1-2H3/q;+1. The summed E-state index contributed by atoms with van der Waals surface area (Å²) in [7, 11) is -11.0. The van der Waals surface area contributed by atoms with Crippen molar-refractivity contribution in [2.45, 2.75) is 40.6 Å². The second-order valence-electron chi connectivity index (χ2n) is 7.59. The Morgan fingerprint density at radius 2 is 1.36 bits per heavy atom. The smallest absolute Gasteiger partial charge is 0.326 e. The number of halogens is 6. The molecule has 1 N–H and O–H groups in total. The van der Waals surface area contributed by atoms with Gasteiger partial charge >= 0.3 is 11.0 Å². The van der Waals surface area contributed by atoms with Crippen molar-refractivity contribution in [1.29, 1.82) is 0 Å². The molecule has 1 aromatic rings. The number of nitrogens with one attached hydrogen (secondary N) is 1. The highest BCUT2D eigenvalue weighted by Gasteiger charge is 2.56. The molecule has 0 radical (unpaired) electrons. The molecule has 2 aliphatic rings. The monoisotopic (exact) mass is 525 g/mol. The van der Waals surface area contributed by atoms with Gasteiger partial charge < -0.3 is 4.48 Å². The van der Waals surface area contributed by atoms with Gasteiger partial charge in [0.1, 0.15) is 4.90 Å². The Hall–Kier alpha value is -2.20. The molecule has 0 spiro atoms. The Bertz CT molecular complexity index is 1180. The highest BCUT2D eigenvalue weighted by atomic mass is 32.2. The number of rotatable bonds is 3. The number of alkyl halides is 6. The van der Waals surface area contributed by atoms with E-state index in [9.17, 15) is 52.8 Å². The molecule has 0 aliphatic carbocycles. The minimum absolute atomic E-state index is 0.127. The lowest BCUT2D eigenvalue weighted by atomic mass is 10.1. The van der Waals surface area contributed by atoms with Crippen molar-refractivity contribution in [3.05, 3.63) is 23.3 Å². The molecule has 0 bridgehead atoms. The summed E-state index contributed by atoms with van der Waals surface area (Å²) in [5.74, 6) is -3.17. The number of sulfone groups is 2. The third-order valence-corrected chi connectivity index (χ3v) is 8.63. The van der Waals surface area contributed by atoms with Crippen molar-refractivity contribution in [1.82, 2.24) is 5.32 Å². The Morgan fingerprint density at radius 3 is 1.76 bits per heavy atom. The molecule has 0 atom stereocenters. The summed E-state index contributed by atoms with van der Waals surface area (Å²) >= 11 is 0. The number of quaternary nitrogens is 1. The maximum absolute atomic E-state index is 12.8. The van der Waals surface area contributed by atoms with Crippen LogP contribution < -0.4 is 5.32 Å². The van der Waals surface area contributed by atoms with Crippen LogP contribution in [0.4, 0.5) is 26.3 Å². The number of fused-ring (bicyclic) bond motifs is 1. The molecule has 0 unspecified atom stereocenters. The average molecular weight is 525 g/mol. The molecular weight excluding hydrogens is 506 g/mol. The van der Waals surface area contributed by atoms with Crippen molar-refractivity contribution in [3.8, 4) is 0 Å². The van der Waals surface area contributed by atoms with E-state index in [0.29, 0.717) is 6.07 Å². The second kappa shape index (κ2) is 8.54. The number of benzene rings is 1. The number of nitrogens with zero attached hydrogens (tertiary/aromatic N) is 1. The number of likely N-dealkylation sites (tertiary alicyclic amines) is 1. The quantitative estimate of drug-likeness (QED) is 0.368. The van der Waals surface area contributed by atoms with Crippen LogP contribution >= 0.6 is 0 Å². The van der Waals surface area contributed by atoms with E-state index in [4.69, 9.17) is 0 Å². The van der Waals surface area contributed by atoms with E-state index in [2.05, 4.69) is 14.0 Å². The van der Waals surface area contributed by atoms with Gasteiger partial charge in [0, 0.05) is 12.8 Å². The van der Waals surface area contributed by atoms with Crippen LogP contribution in [0.2, 0.25) is 0 Å². The summed E-state index contributed by atoms with van der Waals surface area (Å²) in [6.45, 7) is 6.43. The SMILES string of the molecule is CC[N+]1(C)CCCC1.O=C1NC(=O)c2c1ccc(S(=O)(=O)C(F)(F)F)c2S(=O)(=O)C(F)(F)F. The zero-order chi connectivity index (χ0) is 25.6. The van der Waals surface area contributed by atoms with Crippen LogP contribution in [0.25, 0.3) is 0 Å². The fourth-order valence-corrected chi connectivity index (χ4v) is 5.88. The first-order valence-electron chi connectivity index (χ1n) is 9.29. The van der Waals surface area contributed by atoms with E-state index in [1.54, 1.807) is 0 Å². The molecule has 0 saturated carbocycles.